The van der Waals surface area contributed by atoms with Crippen LogP contribution in [0.15, 0.2) is 53.9 Å². The van der Waals surface area contributed by atoms with Crippen LogP contribution in [0.3, 0.4) is 0 Å². The summed E-state index contributed by atoms with van der Waals surface area (Å²) in [5.74, 6) is -0.242. The number of aryl methyl sites for hydroxylation is 2. The van der Waals surface area contributed by atoms with Gasteiger partial charge >= 0.3 is 0 Å². The Kier molecular flexibility index (Phi) is 6.50. The molecule has 0 saturated heterocycles. The van der Waals surface area contributed by atoms with Crippen LogP contribution in [0.25, 0.3) is 6.08 Å². The first kappa shape index (κ1) is 18.9. The maximum Gasteiger partial charge on any atom is 0.233 e. The van der Waals surface area contributed by atoms with Crippen LogP contribution in [-0.2, 0) is 14.8 Å². The lowest BCUT2D eigenvalue weighted by Crippen LogP contribution is -2.26. The quantitative estimate of drug-likeness (QED) is 0.798. The van der Waals surface area contributed by atoms with Crippen LogP contribution in [0, 0.1) is 13.8 Å². The average Bonchev–Trinajstić information content (AvgIpc) is 2.56. The Morgan fingerprint density at radius 1 is 0.960 bits per heavy atom. The number of anilines is 1. The van der Waals surface area contributed by atoms with E-state index in [1.165, 1.54) is 6.08 Å². The molecule has 132 valence electrons. The predicted octanol–water partition coefficient (Wildman–Crippen LogP) is 3.22. The fraction of sp³-hybridized carbons (Fsp3) is 0.211. The van der Waals surface area contributed by atoms with E-state index >= 15 is 0 Å². The minimum Gasteiger partial charge on any atom is -0.326 e. The van der Waals surface area contributed by atoms with Gasteiger partial charge in [-0.25, -0.2) is 13.1 Å². The second-order valence-corrected chi connectivity index (χ2v) is 7.47. The molecule has 2 N–H and O–H groups in total. The maximum atomic E-state index is 11.9. The fourth-order valence-corrected chi connectivity index (χ4v) is 2.88. The zero-order valence-electron chi connectivity index (χ0n) is 14.3. The molecule has 2 aromatic carbocycles. The number of carbonyl (C=O) groups excluding carboxylic acids is 1. The van der Waals surface area contributed by atoms with Crippen molar-refractivity contribution in [2.45, 2.75) is 20.3 Å². The highest BCUT2D eigenvalue weighted by atomic mass is 32.2. The van der Waals surface area contributed by atoms with Gasteiger partial charge in [0.15, 0.2) is 0 Å². The van der Waals surface area contributed by atoms with Crippen LogP contribution in [0.1, 0.15) is 23.1 Å². The SMILES string of the molecule is Cc1ccc(C=CS(=O)(=O)NCCC(=O)Nc2ccc(C)cc2)cc1. The topological polar surface area (TPSA) is 75.3 Å². The van der Waals surface area contributed by atoms with Gasteiger partial charge < -0.3 is 5.32 Å². The van der Waals surface area contributed by atoms with Crippen molar-refractivity contribution in [2.24, 2.45) is 0 Å². The third-order valence-electron chi connectivity index (χ3n) is 3.51. The van der Waals surface area contributed by atoms with Gasteiger partial charge in [-0.05, 0) is 37.6 Å². The van der Waals surface area contributed by atoms with E-state index in [2.05, 4.69) is 10.0 Å². The first-order valence-corrected chi connectivity index (χ1v) is 9.50. The van der Waals surface area contributed by atoms with Crippen molar-refractivity contribution >= 4 is 27.7 Å². The molecule has 0 bridgehead atoms. The van der Waals surface area contributed by atoms with E-state index in [1.54, 1.807) is 0 Å². The number of benzene rings is 2. The molecular formula is C19H22N2O3S. The highest BCUT2D eigenvalue weighted by molar-refractivity contribution is 7.92. The Morgan fingerprint density at radius 2 is 1.52 bits per heavy atom. The van der Waals surface area contributed by atoms with E-state index in [1.807, 2.05) is 62.4 Å². The predicted molar refractivity (Wildman–Crippen MR) is 102 cm³/mol. The Morgan fingerprint density at radius 3 is 2.12 bits per heavy atom. The fourth-order valence-electron chi connectivity index (χ4n) is 2.06. The van der Waals surface area contributed by atoms with Gasteiger partial charge in [-0.15, -0.1) is 0 Å². The Hall–Kier alpha value is -2.44. The van der Waals surface area contributed by atoms with Gasteiger partial charge in [0.2, 0.25) is 15.9 Å². The number of hydrogen-bond acceptors (Lipinski definition) is 3. The van der Waals surface area contributed by atoms with Gasteiger partial charge in [-0.1, -0.05) is 47.5 Å². The van der Waals surface area contributed by atoms with Crippen molar-refractivity contribution < 1.29 is 13.2 Å². The molecule has 0 aliphatic carbocycles. The molecule has 5 nitrogen and oxygen atoms in total. The summed E-state index contributed by atoms with van der Waals surface area (Å²) in [6.07, 6.45) is 1.58. The van der Waals surface area contributed by atoms with Crippen molar-refractivity contribution in [3.63, 3.8) is 0 Å². The van der Waals surface area contributed by atoms with Gasteiger partial charge in [0.25, 0.3) is 0 Å². The largest absolute Gasteiger partial charge is 0.326 e. The molecule has 0 aromatic heterocycles. The third-order valence-corrected chi connectivity index (χ3v) is 4.61. The minimum atomic E-state index is -3.57. The van der Waals surface area contributed by atoms with Crippen LogP contribution in [-0.4, -0.2) is 20.9 Å². The molecule has 0 heterocycles. The van der Waals surface area contributed by atoms with Crippen LogP contribution in [0.2, 0.25) is 0 Å². The Balaban J connectivity index is 1.80. The summed E-state index contributed by atoms with van der Waals surface area (Å²) in [6.45, 7) is 3.97. The minimum absolute atomic E-state index is 0.0399. The van der Waals surface area contributed by atoms with Gasteiger partial charge in [0, 0.05) is 24.1 Å². The number of rotatable bonds is 7. The first-order valence-electron chi connectivity index (χ1n) is 7.95. The molecule has 2 rings (SSSR count). The second kappa shape index (κ2) is 8.60. The normalized spacial score (nSPS) is 11.6. The van der Waals surface area contributed by atoms with Crippen molar-refractivity contribution in [3.8, 4) is 0 Å². The maximum absolute atomic E-state index is 11.9. The smallest absolute Gasteiger partial charge is 0.233 e. The number of hydrogen-bond donors (Lipinski definition) is 2. The molecular weight excluding hydrogens is 336 g/mol. The van der Waals surface area contributed by atoms with Crippen LogP contribution >= 0.6 is 0 Å². The van der Waals surface area contributed by atoms with E-state index in [0.29, 0.717) is 5.69 Å². The summed E-state index contributed by atoms with van der Waals surface area (Å²) in [6, 6.07) is 14.9. The zero-order chi connectivity index (χ0) is 18.3. The molecule has 0 aliphatic rings. The molecule has 0 saturated carbocycles. The zero-order valence-corrected chi connectivity index (χ0v) is 15.1. The molecule has 0 fully saturated rings. The molecule has 1 amide bonds. The van der Waals surface area contributed by atoms with Crippen LogP contribution in [0.5, 0.6) is 0 Å². The summed E-state index contributed by atoms with van der Waals surface area (Å²) in [5, 5.41) is 3.83. The second-order valence-electron chi connectivity index (χ2n) is 5.82. The number of carbonyl (C=O) groups is 1. The standard InChI is InChI=1S/C19H22N2O3S/c1-15-3-7-17(8-4-15)12-14-25(23,24)20-13-11-19(22)21-18-9-5-16(2)6-10-18/h3-10,12,14,20H,11,13H2,1-2H3,(H,21,22). The first-order chi connectivity index (χ1) is 11.8. The highest BCUT2D eigenvalue weighted by Crippen LogP contribution is 2.09. The number of nitrogens with one attached hydrogen (secondary N) is 2. The average molecular weight is 358 g/mol. The van der Waals surface area contributed by atoms with Gasteiger partial charge in [0.05, 0.1) is 0 Å². The highest BCUT2D eigenvalue weighted by Gasteiger charge is 2.07. The van der Waals surface area contributed by atoms with Gasteiger partial charge in [0.1, 0.15) is 0 Å². The van der Waals surface area contributed by atoms with E-state index < -0.39 is 10.0 Å². The molecule has 6 heteroatoms. The van der Waals surface area contributed by atoms with E-state index in [0.717, 1.165) is 22.1 Å². The molecule has 0 unspecified atom stereocenters. The Labute approximate surface area is 148 Å². The van der Waals surface area contributed by atoms with E-state index in [9.17, 15) is 13.2 Å². The molecule has 0 aliphatic heterocycles. The third kappa shape index (κ3) is 6.91. The molecule has 25 heavy (non-hydrogen) atoms. The summed E-state index contributed by atoms with van der Waals surface area (Å²) < 4.78 is 26.2. The summed E-state index contributed by atoms with van der Waals surface area (Å²) in [4.78, 5) is 11.8. The van der Waals surface area contributed by atoms with Crippen LogP contribution < -0.4 is 10.0 Å². The number of sulfonamides is 1. The van der Waals surface area contributed by atoms with Crippen LogP contribution in [0.4, 0.5) is 5.69 Å². The molecule has 0 radical (unpaired) electrons. The van der Waals surface area contributed by atoms with E-state index in [-0.39, 0.29) is 18.9 Å². The Bertz CT molecular complexity index is 839. The summed E-state index contributed by atoms with van der Waals surface area (Å²) in [5.41, 5.74) is 3.70. The lowest BCUT2D eigenvalue weighted by Gasteiger charge is -2.06. The van der Waals surface area contributed by atoms with Crippen molar-refractivity contribution in [1.82, 2.24) is 4.72 Å². The number of amides is 1. The summed E-state index contributed by atoms with van der Waals surface area (Å²) >= 11 is 0. The lowest BCUT2D eigenvalue weighted by molar-refractivity contribution is -0.116. The van der Waals surface area contributed by atoms with Gasteiger partial charge in [-0.2, -0.15) is 0 Å². The molecule has 0 atom stereocenters. The van der Waals surface area contributed by atoms with Crippen molar-refractivity contribution in [1.29, 1.82) is 0 Å². The summed E-state index contributed by atoms with van der Waals surface area (Å²) in [7, 11) is -3.57. The van der Waals surface area contributed by atoms with Crippen molar-refractivity contribution in [2.75, 3.05) is 11.9 Å². The molecule has 0 spiro atoms. The monoisotopic (exact) mass is 358 g/mol. The van der Waals surface area contributed by atoms with Gasteiger partial charge in [-0.3, -0.25) is 4.79 Å². The van der Waals surface area contributed by atoms with E-state index in [4.69, 9.17) is 0 Å². The van der Waals surface area contributed by atoms with Crippen molar-refractivity contribution in [3.05, 3.63) is 70.6 Å². The molecule has 2 aromatic rings. The lowest BCUT2D eigenvalue weighted by atomic mass is 10.2.